The summed E-state index contributed by atoms with van der Waals surface area (Å²) in [5.41, 5.74) is 1.04. The number of guanidine groups is 1. The van der Waals surface area contributed by atoms with Crippen LogP contribution in [0.5, 0.6) is 11.5 Å². The van der Waals surface area contributed by atoms with Gasteiger partial charge in [-0.2, -0.15) is 0 Å². The molecule has 2 N–H and O–H groups in total. The monoisotopic (exact) mass is 417 g/mol. The zero-order valence-electron chi connectivity index (χ0n) is 13.3. The minimum Gasteiger partial charge on any atom is -0.493 e. The van der Waals surface area contributed by atoms with E-state index >= 15 is 0 Å². The van der Waals surface area contributed by atoms with Crippen LogP contribution in [0.1, 0.15) is 19.4 Å². The Morgan fingerprint density at radius 3 is 2.64 bits per heavy atom. The molecule has 0 radical (unpaired) electrons. The Kier molecular flexibility index (Phi) is 11.1. The highest BCUT2D eigenvalue weighted by Gasteiger charge is 2.05. The predicted molar refractivity (Wildman–Crippen MR) is 101 cm³/mol. The Hall–Kier alpha value is -1.62. The Bertz CT molecular complexity index is 513. The molecule has 6 heteroatoms. The molecule has 0 aliphatic rings. The fraction of sp³-hybridized carbons (Fsp3) is 0.438. The normalized spacial score (nSPS) is 10.2. The maximum atomic E-state index is 5.56. The first-order valence-corrected chi connectivity index (χ1v) is 7.00. The molecular formula is C16H24IN3O2. The number of hydrogen-bond donors (Lipinski definition) is 2. The molecule has 0 saturated carbocycles. The second kappa shape index (κ2) is 12.0. The van der Waals surface area contributed by atoms with Gasteiger partial charge in [0.25, 0.3) is 0 Å². The van der Waals surface area contributed by atoms with Crippen molar-refractivity contribution < 1.29 is 9.47 Å². The molecule has 0 aliphatic heterocycles. The number of rotatable bonds is 7. The summed E-state index contributed by atoms with van der Waals surface area (Å²) in [4.78, 5) is 4.48. The van der Waals surface area contributed by atoms with Gasteiger partial charge >= 0.3 is 0 Å². The highest BCUT2D eigenvalue weighted by Crippen LogP contribution is 2.28. The largest absolute Gasteiger partial charge is 0.493 e. The molecule has 1 rings (SSSR count). The fourth-order valence-corrected chi connectivity index (χ4v) is 1.73. The summed E-state index contributed by atoms with van der Waals surface area (Å²) in [5, 5.41) is 6.19. The topological polar surface area (TPSA) is 54.9 Å². The van der Waals surface area contributed by atoms with Gasteiger partial charge in [0, 0.05) is 6.54 Å². The standard InChI is InChI=1S/C16H23N3O2.HI/c1-5-10-18-16(17-6-2)19-12-13-8-9-14(20-4)15(11-13)21-7-3;/h1,8-9,11H,6-7,10,12H2,2-4H3,(H2,17,18,19);1H. The van der Waals surface area contributed by atoms with E-state index in [2.05, 4.69) is 21.5 Å². The second-order valence-corrected chi connectivity index (χ2v) is 4.17. The average Bonchev–Trinajstić information content (AvgIpc) is 2.50. The lowest BCUT2D eigenvalue weighted by Gasteiger charge is -2.11. The molecule has 0 unspecified atom stereocenters. The van der Waals surface area contributed by atoms with Crippen molar-refractivity contribution in [3.8, 4) is 23.8 Å². The van der Waals surface area contributed by atoms with Crippen LogP contribution in [-0.2, 0) is 6.54 Å². The highest BCUT2D eigenvalue weighted by atomic mass is 127. The van der Waals surface area contributed by atoms with E-state index in [1.54, 1.807) is 7.11 Å². The van der Waals surface area contributed by atoms with Gasteiger partial charge < -0.3 is 20.1 Å². The van der Waals surface area contributed by atoms with E-state index in [-0.39, 0.29) is 24.0 Å². The summed E-state index contributed by atoms with van der Waals surface area (Å²) in [6, 6.07) is 5.80. The smallest absolute Gasteiger partial charge is 0.192 e. The van der Waals surface area contributed by atoms with Crippen LogP contribution in [0.2, 0.25) is 0 Å². The number of aliphatic imine (C=N–C) groups is 1. The third-order valence-electron chi connectivity index (χ3n) is 2.65. The second-order valence-electron chi connectivity index (χ2n) is 4.17. The van der Waals surface area contributed by atoms with Gasteiger partial charge in [0.1, 0.15) is 0 Å². The number of ether oxygens (including phenoxy) is 2. The SMILES string of the molecule is C#CCNC(=NCc1ccc(OC)c(OCC)c1)NCC.I. The first-order chi connectivity index (χ1) is 10.2. The van der Waals surface area contributed by atoms with E-state index < -0.39 is 0 Å². The predicted octanol–water partition coefficient (Wildman–Crippen LogP) is 2.40. The maximum Gasteiger partial charge on any atom is 0.192 e. The minimum atomic E-state index is 0. The van der Waals surface area contributed by atoms with Gasteiger partial charge in [-0.15, -0.1) is 30.4 Å². The van der Waals surface area contributed by atoms with E-state index in [4.69, 9.17) is 15.9 Å². The summed E-state index contributed by atoms with van der Waals surface area (Å²) < 4.78 is 10.8. The summed E-state index contributed by atoms with van der Waals surface area (Å²) in [7, 11) is 1.63. The van der Waals surface area contributed by atoms with Crippen LogP contribution in [0.3, 0.4) is 0 Å². The van der Waals surface area contributed by atoms with E-state index in [1.165, 1.54) is 0 Å². The van der Waals surface area contributed by atoms with Crippen molar-refractivity contribution in [3.05, 3.63) is 23.8 Å². The van der Waals surface area contributed by atoms with Crippen molar-refractivity contribution in [2.75, 3.05) is 26.8 Å². The van der Waals surface area contributed by atoms with Crippen LogP contribution in [0.25, 0.3) is 0 Å². The van der Waals surface area contributed by atoms with Crippen LogP contribution in [0.4, 0.5) is 0 Å². The van der Waals surface area contributed by atoms with Crippen molar-refractivity contribution in [3.63, 3.8) is 0 Å². The van der Waals surface area contributed by atoms with E-state index in [1.807, 2.05) is 32.0 Å². The van der Waals surface area contributed by atoms with Crippen molar-refractivity contribution in [1.29, 1.82) is 0 Å². The van der Waals surface area contributed by atoms with Crippen LogP contribution < -0.4 is 20.1 Å². The summed E-state index contributed by atoms with van der Waals surface area (Å²) in [6.07, 6.45) is 5.24. The molecule has 0 atom stereocenters. The number of benzene rings is 1. The Morgan fingerprint density at radius 1 is 1.27 bits per heavy atom. The van der Waals surface area contributed by atoms with Gasteiger partial charge in [0.15, 0.2) is 17.5 Å². The number of nitrogens with zero attached hydrogens (tertiary/aromatic N) is 1. The Morgan fingerprint density at radius 2 is 2.05 bits per heavy atom. The average molecular weight is 417 g/mol. The number of terminal acetylenes is 1. The van der Waals surface area contributed by atoms with E-state index in [0.717, 1.165) is 23.6 Å². The molecule has 1 aromatic carbocycles. The zero-order valence-corrected chi connectivity index (χ0v) is 15.6. The maximum absolute atomic E-state index is 5.56. The van der Waals surface area contributed by atoms with Crippen LogP contribution in [0, 0.1) is 12.3 Å². The zero-order chi connectivity index (χ0) is 15.5. The lowest BCUT2D eigenvalue weighted by Crippen LogP contribution is -2.37. The highest BCUT2D eigenvalue weighted by molar-refractivity contribution is 14.0. The van der Waals surface area contributed by atoms with Crippen LogP contribution in [0.15, 0.2) is 23.2 Å². The van der Waals surface area contributed by atoms with Gasteiger partial charge in [-0.25, -0.2) is 4.99 Å². The third-order valence-corrected chi connectivity index (χ3v) is 2.65. The Labute approximate surface area is 149 Å². The first-order valence-electron chi connectivity index (χ1n) is 7.00. The number of methoxy groups -OCH3 is 1. The number of hydrogen-bond acceptors (Lipinski definition) is 3. The molecule has 0 aromatic heterocycles. The molecule has 0 amide bonds. The lowest BCUT2D eigenvalue weighted by molar-refractivity contribution is 0.310. The quantitative estimate of drug-likeness (QED) is 0.310. The van der Waals surface area contributed by atoms with Gasteiger partial charge in [-0.3, -0.25) is 0 Å². The molecule has 22 heavy (non-hydrogen) atoms. The molecular weight excluding hydrogens is 393 g/mol. The molecule has 5 nitrogen and oxygen atoms in total. The van der Waals surface area contributed by atoms with Gasteiger partial charge in [-0.05, 0) is 31.5 Å². The molecule has 0 spiro atoms. The molecule has 1 aromatic rings. The van der Waals surface area contributed by atoms with Gasteiger partial charge in [0.2, 0.25) is 0 Å². The third kappa shape index (κ3) is 6.89. The molecule has 122 valence electrons. The lowest BCUT2D eigenvalue weighted by atomic mass is 10.2. The summed E-state index contributed by atoms with van der Waals surface area (Å²) in [5.74, 6) is 4.68. The van der Waals surface area contributed by atoms with Crippen molar-refractivity contribution in [1.82, 2.24) is 10.6 Å². The minimum absolute atomic E-state index is 0. The fourth-order valence-electron chi connectivity index (χ4n) is 1.73. The van der Waals surface area contributed by atoms with Crippen molar-refractivity contribution in [2.45, 2.75) is 20.4 Å². The van der Waals surface area contributed by atoms with E-state index in [0.29, 0.717) is 25.7 Å². The summed E-state index contributed by atoms with van der Waals surface area (Å²) >= 11 is 0. The molecule has 0 saturated heterocycles. The van der Waals surface area contributed by atoms with E-state index in [9.17, 15) is 0 Å². The first kappa shape index (κ1) is 20.4. The van der Waals surface area contributed by atoms with Gasteiger partial charge in [-0.1, -0.05) is 12.0 Å². The number of halogens is 1. The molecule has 0 heterocycles. The van der Waals surface area contributed by atoms with Crippen molar-refractivity contribution in [2.24, 2.45) is 4.99 Å². The van der Waals surface area contributed by atoms with Crippen molar-refractivity contribution >= 4 is 29.9 Å². The van der Waals surface area contributed by atoms with Gasteiger partial charge in [0.05, 0.1) is 26.8 Å². The molecule has 0 fully saturated rings. The molecule has 0 aliphatic carbocycles. The number of nitrogens with one attached hydrogen (secondary N) is 2. The summed E-state index contributed by atoms with van der Waals surface area (Å²) in [6.45, 7) is 6.30. The van der Waals surface area contributed by atoms with Crippen LogP contribution in [-0.4, -0.2) is 32.8 Å². The Balaban J connectivity index is 0.00000441. The molecule has 0 bridgehead atoms. The van der Waals surface area contributed by atoms with Crippen LogP contribution >= 0.6 is 24.0 Å².